The van der Waals surface area contributed by atoms with Gasteiger partial charge in [-0.25, -0.2) is 17.5 Å². The first kappa shape index (κ1) is 18.4. The van der Waals surface area contributed by atoms with E-state index in [0.29, 0.717) is 0 Å². The number of hydrogen-bond donors (Lipinski definition) is 0. The van der Waals surface area contributed by atoms with Crippen molar-refractivity contribution in [3.05, 3.63) is 11.1 Å². The first-order chi connectivity index (χ1) is 10.3. The molecule has 2 amide bonds. The van der Waals surface area contributed by atoms with Crippen LogP contribution in [0.5, 0.6) is 0 Å². The van der Waals surface area contributed by atoms with E-state index in [0.717, 1.165) is 16.6 Å². The minimum atomic E-state index is -4.58. The molecular weight excluding hydrogens is 357 g/mol. The summed E-state index contributed by atoms with van der Waals surface area (Å²) in [6, 6.07) is -0.625. The minimum Gasteiger partial charge on any atom is -0.322 e. The number of nitrogens with zero attached hydrogens (tertiary/aromatic N) is 2. The van der Waals surface area contributed by atoms with Crippen molar-refractivity contribution < 1.29 is 26.4 Å². The quantitative estimate of drug-likeness (QED) is 0.760. The average Bonchev–Trinajstić information content (AvgIpc) is 2.68. The molecule has 2 fully saturated rings. The van der Waals surface area contributed by atoms with Crippen molar-refractivity contribution in [2.24, 2.45) is 17.3 Å². The lowest BCUT2D eigenvalue weighted by molar-refractivity contribution is -0.0848. The zero-order valence-corrected chi connectivity index (χ0v) is 14.5. The summed E-state index contributed by atoms with van der Waals surface area (Å²) in [6.45, 7) is 4.11. The number of halogens is 4. The molecule has 23 heavy (non-hydrogen) atoms. The van der Waals surface area contributed by atoms with Crippen LogP contribution in [0, 0.1) is 17.3 Å². The molecule has 0 N–H and O–H groups in total. The smallest absolute Gasteiger partial charge is 0.322 e. The van der Waals surface area contributed by atoms with Crippen LogP contribution in [-0.4, -0.2) is 55.7 Å². The van der Waals surface area contributed by atoms with Gasteiger partial charge in [0.15, 0.2) is 0 Å². The van der Waals surface area contributed by atoms with Gasteiger partial charge in [0.25, 0.3) is 0 Å². The van der Waals surface area contributed by atoms with E-state index in [1.54, 1.807) is 13.8 Å². The highest BCUT2D eigenvalue weighted by molar-refractivity contribution is 7.88. The van der Waals surface area contributed by atoms with Gasteiger partial charge in [-0.15, -0.1) is 0 Å². The van der Waals surface area contributed by atoms with Crippen molar-refractivity contribution in [3.8, 4) is 0 Å². The van der Waals surface area contributed by atoms with Crippen LogP contribution in [-0.2, 0) is 10.0 Å². The van der Waals surface area contributed by atoms with E-state index < -0.39 is 38.6 Å². The Kier molecular flexibility index (Phi) is 4.43. The summed E-state index contributed by atoms with van der Waals surface area (Å²) >= 11 is 5.28. The van der Waals surface area contributed by atoms with Crippen molar-refractivity contribution >= 4 is 27.7 Å². The van der Waals surface area contributed by atoms with Gasteiger partial charge in [-0.3, -0.25) is 0 Å². The van der Waals surface area contributed by atoms with Crippen molar-refractivity contribution in [3.63, 3.8) is 0 Å². The van der Waals surface area contributed by atoms with Crippen molar-refractivity contribution in [1.29, 1.82) is 0 Å². The van der Waals surface area contributed by atoms with Gasteiger partial charge >= 0.3 is 12.2 Å². The number of alkyl halides is 3. The standard InChI is InChI=1S/C13H18ClF3N2O3S/c1-12(2)8(6-10(14)13(15,16)17)9(12)7-18-4-5-19(11(18)20)23(3,21)22/h6,8-9H,4-5,7H2,1-3H3. The number of rotatable bonds is 4. The molecule has 1 aliphatic carbocycles. The summed E-state index contributed by atoms with van der Waals surface area (Å²) < 4.78 is 61.3. The zero-order chi connectivity index (χ0) is 17.8. The summed E-state index contributed by atoms with van der Waals surface area (Å²) in [5, 5.41) is -1.16. The van der Waals surface area contributed by atoms with Gasteiger partial charge in [-0.05, 0) is 17.3 Å². The Morgan fingerprint density at radius 1 is 1.39 bits per heavy atom. The third-order valence-corrected chi connectivity index (χ3v) is 6.09. The van der Waals surface area contributed by atoms with E-state index in [1.165, 1.54) is 4.90 Å². The molecule has 0 spiro atoms. The fourth-order valence-corrected chi connectivity index (χ4v) is 3.94. The van der Waals surface area contributed by atoms with E-state index in [4.69, 9.17) is 11.6 Å². The molecule has 1 saturated heterocycles. The number of amides is 2. The molecule has 0 aromatic rings. The predicted molar refractivity (Wildman–Crippen MR) is 79.3 cm³/mol. The number of carbonyl (C=O) groups is 1. The predicted octanol–water partition coefficient (Wildman–Crippen LogP) is 2.64. The monoisotopic (exact) mass is 374 g/mol. The van der Waals surface area contributed by atoms with Crippen LogP contribution in [0.15, 0.2) is 11.1 Å². The molecule has 1 heterocycles. The Balaban J connectivity index is 2.06. The first-order valence-corrected chi connectivity index (χ1v) is 9.20. The van der Waals surface area contributed by atoms with E-state index in [2.05, 4.69) is 0 Å². The van der Waals surface area contributed by atoms with Gasteiger partial charge in [0, 0.05) is 13.1 Å². The molecule has 1 aliphatic heterocycles. The van der Waals surface area contributed by atoms with Crippen LogP contribution in [0.3, 0.4) is 0 Å². The van der Waals surface area contributed by atoms with Crippen LogP contribution in [0.4, 0.5) is 18.0 Å². The van der Waals surface area contributed by atoms with Gasteiger partial charge in [-0.1, -0.05) is 31.5 Å². The van der Waals surface area contributed by atoms with Gasteiger partial charge in [0.2, 0.25) is 10.0 Å². The molecule has 0 radical (unpaired) electrons. The third kappa shape index (κ3) is 3.60. The van der Waals surface area contributed by atoms with Crippen molar-refractivity contribution in [2.75, 3.05) is 25.9 Å². The summed E-state index contributed by atoms with van der Waals surface area (Å²) in [5.41, 5.74) is -0.426. The molecule has 0 bridgehead atoms. The van der Waals surface area contributed by atoms with Crippen LogP contribution in [0.2, 0.25) is 0 Å². The Morgan fingerprint density at radius 3 is 2.39 bits per heavy atom. The maximum Gasteiger partial charge on any atom is 0.426 e. The van der Waals surface area contributed by atoms with Gasteiger partial charge in [0.1, 0.15) is 5.03 Å². The summed E-state index contributed by atoms with van der Waals surface area (Å²) in [7, 11) is -3.62. The molecule has 2 unspecified atom stereocenters. The van der Waals surface area contributed by atoms with Gasteiger partial charge < -0.3 is 4.90 Å². The SMILES string of the molecule is CC1(C)C(C=C(Cl)C(F)(F)F)C1CN1CCN(S(C)(=O)=O)C1=O. The number of urea groups is 1. The Labute approximate surface area is 138 Å². The van der Waals surface area contributed by atoms with Crippen LogP contribution in [0.25, 0.3) is 0 Å². The van der Waals surface area contributed by atoms with E-state index >= 15 is 0 Å². The maximum absolute atomic E-state index is 12.5. The molecule has 132 valence electrons. The fraction of sp³-hybridized carbons (Fsp3) is 0.769. The van der Waals surface area contributed by atoms with E-state index in [1.807, 2.05) is 0 Å². The molecular formula is C13H18ClF3N2O3S. The second kappa shape index (κ2) is 5.54. The summed E-state index contributed by atoms with van der Waals surface area (Å²) in [4.78, 5) is 13.4. The maximum atomic E-state index is 12.5. The highest BCUT2D eigenvalue weighted by atomic mass is 35.5. The zero-order valence-electron chi connectivity index (χ0n) is 12.9. The Hall–Kier alpha value is -0.960. The highest BCUT2D eigenvalue weighted by Gasteiger charge is 2.58. The first-order valence-electron chi connectivity index (χ1n) is 6.97. The second-order valence-electron chi connectivity index (χ2n) is 6.53. The molecule has 2 atom stereocenters. The number of sulfonamides is 1. The summed E-state index contributed by atoms with van der Waals surface area (Å²) in [5.74, 6) is -0.598. The van der Waals surface area contributed by atoms with E-state index in [-0.39, 0.29) is 25.6 Å². The fourth-order valence-electron chi connectivity index (χ4n) is 2.99. The van der Waals surface area contributed by atoms with Crippen molar-refractivity contribution in [2.45, 2.75) is 20.0 Å². The minimum absolute atomic E-state index is 0.0641. The topological polar surface area (TPSA) is 57.7 Å². The molecule has 0 aromatic carbocycles. The molecule has 5 nitrogen and oxygen atoms in total. The normalized spacial score (nSPS) is 28.5. The van der Waals surface area contributed by atoms with Crippen LogP contribution in [0.1, 0.15) is 13.8 Å². The highest BCUT2D eigenvalue weighted by Crippen LogP contribution is 2.60. The third-order valence-electron chi connectivity index (χ3n) is 4.61. The largest absolute Gasteiger partial charge is 0.426 e. The number of allylic oxidation sites excluding steroid dienone is 2. The second-order valence-corrected chi connectivity index (χ2v) is 8.84. The van der Waals surface area contributed by atoms with Crippen LogP contribution < -0.4 is 0 Å². The molecule has 2 rings (SSSR count). The molecule has 10 heteroatoms. The molecule has 0 aromatic heterocycles. The van der Waals surface area contributed by atoms with Gasteiger partial charge in [-0.2, -0.15) is 13.2 Å². The lowest BCUT2D eigenvalue weighted by Crippen LogP contribution is -2.36. The Morgan fingerprint density at radius 2 is 1.96 bits per heavy atom. The van der Waals surface area contributed by atoms with Gasteiger partial charge in [0.05, 0.1) is 12.8 Å². The van der Waals surface area contributed by atoms with Crippen LogP contribution >= 0.6 is 11.6 Å². The molecule has 2 aliphatic rings. The number of hydrogen-bond acceptors (Lipinski definition) is 3. The lowest BCUT2D eigenvalue weighted by Gasteiger charge is -2.17. The van der Waals surface area contributed by atoms with E-state index in [9.17, 15) is 26.4 Å². The summed E-state index contributed by atoms with van der Waals surface area (Å²) in [6.07, 6.45) is -2.65. The number of carbonyl (C=O) groups excluding carboxylic acids is 1. The average molecular weight is 375 g/mol. The lowest BCUT2D eigenvalue weighted by atomic mass is 10.1. The van der Waals surface area contributed by atoms with Crippen molar-refractivity contribution in [1.82, 2.24) is 9.21 Å². The molecule has 1 saturated carbocycles. The Bertz CT molecular complexity index is 645.